The molecule has 3 aromatic carbocycles. The summed E-state index contributed by atoms with van der Waals surface area (Å²) in [5.41, 5.74) is 1.27. The van der Waals surface area contributed by atoms with Crippen LogP contribution >= 0.6 is 0 Å². The van der Waals surface area contributed by atoms with Crippen molar-refractivity contribution in [1.82, 2.24) is 0 Å². The van der Waals surface area contributed by atoms with Crippen LogP contribution in [0.1, 0.15) is 15.9 Å². The van der Waals surface area contributed by atoms with Gasteiger partial charge >= 0.3 is 11.6 Å². The van der Waals surface area contributed by atoms with Gasteiger partial charge < -0.3 is 13.9 Å². The number of benzene rings is 3. The number of carbonyl (C=O) groups is 1. The molecule has 0 saturated carbocycles. The van der Waals surface area contributed by atoms with Gasteiger partial charge in [-0.1, -0.05) is 30.3 Å². The van der Waals surface area contributed by atoms with E-state index in [-0.39, 0.29) is 0 Å². The van der Waals surface area contributed by atoms with Gasteiger partial charge in [0.25, 0.3) is 0 Å². The molecule has 28 heavy (non-hydrogen) atoms. The van der Waals surface area contributed by atoms with E-state index in [0.717, 1.165) is 16.7 Å². The third-order valence-corrected chi connectivity index (χ3v) is 4.14. The summed E-state index contributed by atoms with van der Waals surface area (Å²) in [4.78, 5) is 23.7. The van der Waals surface area contributed by atoms with Crippen LogP contribution in [0.15, 0.2) is 94.1 Å². The lowest BCUT2D eigenvalue weighted by Gasteiger charge is -2.08. The quantitative estimate of drug-likeness (QED) is 0.291. The lowest BCUT2D eigenvalue weighted by Crippen LogP contribution is -2.08. The molecule has 1 aromatic heterocycles. The van der Waals surface area contributed by atoms with Gasteiger partial charge in [0.15, 0.2) is 0 Å². The molecule has 0 fully saturated rings. The Morgan fingerprint density at radius 2 is 1.57 bits per heavy atom. The fraction of sp³-hybridized carbons (Fsp3) is 0.0435. The molecule has 0 unspecified atom stereocenters. The molecule has 1 heterocycles. The molecule has 0 aliphatic heterocycles. The Balaban J connectivity index is 1.42. The molecule has 0 N–H and O–H groups in total. The molecule has 0 bridgehead atoms. The minimum atomic E-state index is -0.492. The van der Waals surface area contributed by atoms with E-state index in [4.69, 9.17) is 13.9 Å². The first-order chi connectivity index (χ1) is 13.7. The molecule has 0 amide bonds. The summed E-state index contributed by atoms with van der Waals surface area (Å²) in [6.07, 6.45) is 0. The van der Waals surface area contributed by atoms with Crippen molar-refractivity contribution in [3.8, 4) is 11.5 Å². The Hall–Kier alpha value is -3.86. The largest absolute Gasteiger partial charge is 0.489 e. The number of esters is 1. The average molecular weight is 372 g/mol. The van der Waals surface area contributed by atoms with Crippen molar-refractivity contribution in [3.63, 3.8) is 0 Å². The summed E-state index contributed by atoms with van der Waals surface area (Å²) >= 11 is 0. The Labute approximate surface area is 160 Å². The van der Waals surface area contributed by atoms with Gasteiger partial charge in [-0.15, -0.1) is 0 Å². The molecule has 4 rings (SSSR count). The van der Waals surface area contributed by atoms with Crippen LogP contribution in [0.2, 0.25) is 0 Å². The number of carbonyl (C=O) groups excluding carboxylic acids is 1. The highest BCUT2D eigenvalue weighted by Gasteiger charge is 2.10. The number of para-hydroxylation sites is 1. The van der Waals surface area contributed by atoms with Crippen molar-refractivity contribution < 1.29 is 18.7 Å². The second-order valence-electron chi connectivity index (χ2n) is 6.14. The van der Waals surface area contributed by atoms with E-state index in [1.54, 1.807) is 30.3 Å². The van der Waals surface area contributed by atoms with Crippen LogP contribution in [-0.2, 0) is 6.61 Å². The normalized spacial score (nSPS) is 10.6. The predicted octanol–water partition coefficient (Wildman–Crippen LogP) is 4.59. The molecule has 0 saturated heterocycles. The molecular weight excluding hydrogens is 356 g/mol. The van der Waals surface area contributed by atoms with E-state index >= 15 is 0 Å². The molecule has 0 aliphatic rings. The fourth-order valence-electron chi connectivity index (χ4n) is 2.69. The van der Waals surface area contributed by atoms with Gasteiger partial charge in [-0.3, -0.25) is 0 Å². The van der Waals surface area contributed by atoms with E-state index in [1.165, 1.54) is 12.1 Å². The first kappa shape index (κ1) is 17.5. The molecule has 0 atom stereocenters. The van der Waals surface area contributed by atoms with Gasteiger partial charge in [0.1, 0.15) is 23.7 Å². The summed E-state index contributed by atoms with van der Waals surface area (Å²) in [7, 11) is 0. The Kier molecular flexibility index (Phi) is 4.89. The van der Waals surface area contributed by atoms with Crippen LogP contribution in [0.4, 0.5) is 0 Å². The average Bonchev–Trinajstić information content (AvgIpc) is 2.73. The zero-order valence-electron chi connectivity index (χ0n) is 14.8. The number of fused-ring (bicyclic) bond motifs is 1. The van der Waals surface area contributed by atoms with Crippen LogP contribution in [0.3, 0.4) is 0 Å². The van der Waals surface area contributed by atoms with Crippen molar-refractivity contribution in [2.75, 3.05) is 0 Å². The molecule has 0 aliphatic carbocycles. The third-order valence-electron chi connectivity index (χ3n) is 4.14. The second-order valence-corrected chi connectivity index (χ2v) is 6.14. The van der Waals surface area contributed by atoms with Crippen LogP contribution in [0, 0.1) is 0 Å². The van der Waals surface area contributed by atoms with E-state index in [2.05, 4.69) is 0 Å². The monoisotopic (exact) mass is 372 g/mol. The van der Waals surface area contributed by atoms with E-state index in [0.29, 0.717) is 23.5 Å². The van der Waals surface area contributed by atoms with Crippen molar-refractivity contribution in [2.24, 2.45) is 0 Å². The van der Waals surface area contributed by atoms with Crippen molar-refractivity contribution >= 4 is 16.9 Å². The van der Waals surface area contributed by atoms with Crippen molar-refractivity contribution in [1.29, 1.82) is 0 Å². The van der Waals surface area contributed by atoms with Crippen molar-refractivity contribution in [3.05, 3.63) is 106 Å². The molecule has 4 aromatic rings. The van der Waals surface area contributed by atoms with E-state index < -0.39 is 11.6 Å². The highest BCUT2D eigenvalue weighted by atomic mass is 16.5. The lowest BCUT2D eigenvalue weighted by molar-refractivity contribution is 0.0735. The Morgan fingerprint density at radius 3 is 2.36 bits per heavy atom. The third kappa shape index (κ3) is 4.10. The molecule has 138 valence electrons. The number of hydrogen-bond donors (Lipinski definition) is 0. The van der Waals surface area contributed by atoms with Gasteiger partial charge in [0.05, 0.1) is 5.56 Å². The molecule has 5 nitrogen and oxygen atoms in total. The van der Waals surface area contributed by atoms with Crippen molar-refractivity contribution in [2.45, 2.75) is 6.61 Å². The van der Waals surface area contributed by atoms with Gasteiger partial charge in [0.2, 0.25) is 0 Å². The summed E-state index contributed by atoms with van der Waals surface area (Å²) < 4.78 is 16.2. The van der Waals surface area contributed by atoms with E-state index in [9.17, 15) is 9.59 Å². The zero-order valence-corrected chi connectivity index (χ0v) is 14.8. The maximum Gasteiger partial charge on any atom is 0.343 e. The molecule has 5 heteroatoms. The minimum absolute atomic E-state index is 0.309. The zero-order chi connectivity index (χ0) is 19.3. The molecule has 0 spiro atoms. The summed E-state index contributed by atoms with van der Waals surface area (Å²) in [5.74, 6) is 0.602. The van der Waals surface area contributed by atoms with E-state index in [1.807, 2.05) is 42.5 Å². The molecule has 0 radical (unpaired) electrons. The first-order valence-electron chi connectivity index (χ1n) is 8.70. The second kappa shape index (κ2) is 7.80. The van der Waals surface area contributed by atoms with Gasteiger partial charge in [-0.2, -0.15) is 0 Å². The Bertz CT molecular complexity index is 1160. The smallest absolute Gasteiger partial charge is 0.343 e. The molecular formula is C23H16O5. The maximum atomic E-state index is 12.4. The van der Waals surface area contributed by atoms with Gasteiger partial charge in [-0.05, 0) is 48.0 Å². The minimum Gasteiger partial charge on any atom is -0.489 e. The Morgan fingerprint density at radius 1 is 0.821 bits per heavy atom. The number of rotatable bonds is 5. The fourth-order valence-corrected chi connectivity index (χ4v) is 2.69. The summed E-state index contributed by atoms with van der Waals surface area (Å²) in [6, 6.07) is 24.4. The number of hydrogen-bond acceptors (Lipinski definition) is 5. The van der Waals surface area contributed by atoms with Crippen LogP contribution in [0.5, 0.6) is 11.5 Å². The van der Waals surface area contributed by atoms with Crippen LogP contribution < -0.4 is 15.1 Å². The number of ether oxygens (including phenoxy) is 2. The van der Waals surface area contributed by atoms with Crippen LogP contribution in [-0.4, -0.2) is 5.97 Å². The highest BCUT2D eigenvalue weighted by Crippen LogP contribution is 2.21. The van der Waals surface area contributed by atoms with Crippen LogP contribution in [0.25, 0.3) is 11.0 Å². The first-order valence-corrected chi connectivity index (χ1v) is 8.70. The van der Waals surface area contributed by atoms with Gasteiger partial charge in [0, 0.05) is 17.5 Å². The summed E-state index contributed by atoms with van der Waals surface area (Å²) in [5, 5.41) is 0.752. The highest BCUT2D eigenvalue weighted by molar-refractivity contribution is 5.91. The topological polar surface area (TPSA) is 65.7 Å². The standard InChI is InChI=1S/C23H16O5/c24-22-13-11-17-10-12-20(14-21(17)28-22)27-23(25)18-8-6-16(7-9-18)15-26-19-4-2-1-3-5-19/h1-14H,15H2. The summed E-state index contributed by atoms with van der Waals surface area (Å²) in [6.45, 7) is 0.406. The SMILES string of the molecule is O=C(Oc1ccc2ccc(=O)oc2c1)c1ccc(COc2ccccc2)cc1. The lowest BCUT2D eigenvalue weighted by atomic mass is 10.1. The maximum absolute atomic E-state index is 12.4. The predicted molar refractivity (Wildman–Crippen MR) is 105 cm³/mol. The van der Waals surface area contributed by atoms with Gasteiger partial charge in [-0.25, -0.2) is 9.59 Å².